The maximum absolute atomic E-state index is 12.1. The molecule has 2 aromatic rings. The number of rotatable bonds is 8. The summed E-state index contributed by atoms with van der Waals surface area (Å²) in [5.41, 5.74) is 0.326. The van der Waals surface area contributed by atoms with E-state index in [1.807, 2.05) is 25.1 Å². The molecule has 0 aliphatic rings. The van der Waals surface area contributed by atoms with Crippen molar-refractivity contribution in [3.63, 3.8) is 0 Å². The molecule has 0 spiro atoms. The van der Waals surface area contributed by atoms with Crippen LogP contribution in [0.15, 0.2) is 54.6 Å². The van der Waals surface area contributed by atoms with Crippen LogP contribution < -0.4 is 10.1 Å². The first-order chi connectivity index (χ1) is 12.0. The number of carbonyl (C=O) groups excluding carboxylic acids is 1. The normalized spacial score (nSPS) is 12.9. The van der Waals surface area contributed by atoms with Crippen LogP contribution in [0.2, 0.25) is 0 Å². The third-order valence-corrected chi connectivity index (χ3v) is 3.59. The highest BCUT2D eigenvalue weighted by atomic mass is 16.5. The minimum absolute atomic E-state index is 0.297. The van der Waals surface area contributed by atoms with Gasteiger partial charge in [0.1, 0.15) is 17.5 Å². The summed E-state index contributed by atoms with van der Waals surface area (Å²) in [6.45, 7) is 1.82. The van der Waals surface area contributed by atoms with Gasteiger partial charge in [-0.05, 0) is 36.2 Å². The molecule has 0 saturated carbocycles. The van der Waals surface area contributed by atoms with E-state index in [-0.39, 0.29) is 0 Å². The molecule has 2 aromatic carbocycles. The number of carboxylic acids is 1. The summed E-state index contributed by atoms with van der Waals surface area (Å²) in [7, 11) is 0. The van der Waals surface area contributed by atoms with Crippen molar-refractivity contribution in [1.29, 1.82) is 0 Å². The molecule has 0 radical (unpaired) electrons. The van der Waals surface area contributed by atoms with Crippen LogP contribution in [0.3, 0.4) is 0 Å². The van der Waals surface area contributed by atoms with Crippen molar-refractivity contribution < 1.29 is 24.5 Å². The maximum Gasteiger partial charge on any atom is 0.326 e. The predicted molar refractivity (Wildman–Crippen MR) is 92.4 cm³/mol. The van der Waals surface area contributed by atoms with Crippen molar-refractivity contribution in [2.45, 2.75) is 31.9 Å². The third kappa shape index (κ3) is 5.32. The molecule has 132 valence electrons. The lowest BCUT2D eigenvalue weighted by atomic mass is 10.1. The van der Waals surface area contributed by atoms with Crippen LogP contribution in [0.25, 0.3) is 0 Å². The molecule has 6 nitrogen and oxygen atoms in total. The van der Waals surface area contributed by atoms with Crippen LogP contribution in [-0.4, -0.2) is 28.1 Å². The van der Waals surface area contributed by atoms with Crippen molar-refractivity contribution in [1.82, 2.24) is 5.32 Å². The Balaban J connectivity index is 2.08. The highest BCUT2D eigenvalue weighted by Crippen LogP contribution is 2.24. The summed E-state index contributed by atoms with van der Waals surface area (Å²) in [5, 5.41) is 21.7. The number of amides is 1. The van der Waals surface area contributed by atoms with Crippen LogP contribution in [0.4, 0.5) is 0 Å². The fraction of sp³-hybridized carbons (Fsp3) is 0.263. The first-order valence-corrected chi connectivity index (χ1v) is 8.05. The summed E-state index contributed by atoms with van der Waals surface area (Å²) in [6, 6.07) is 14.6. The molecule has 0 bridgehead atoms. The van der Waals surface area contributed by atoms with Gasteiger partial charge in [0.2, 0.25) is 0 Å². The molecule has 0 fully saturated rings. The fourth-order valence-electron chi connectivity index (χ4n) is 2.32. The Morgan fingerprint density at radius 1 is 1.08 bits per heavy atom. The van der Waals surface area contributed by atoms with Crippen molar-refractivity contribution in [3.8, 4) is 11.5 Å². The van der Waals surface area contributed by atoms with Gasteiger partial charge in [-0.15, -0.1) is 0 Å². The quantitative estimate of drug-likeness (QED) is 0.685. The van der Waals surface area contributed by atoms with Crippen LogP contribution in [0.1, 0.15) is 31.4 Å². The number of carbonyl (C=O) groups is 2. The molecular weight excluding hydrogens is 322 g/mol. The van der Waals surface area contributed by atoms with E-state index >= 15 is 0 Å². The number of hydrogen-bond donors (Lipinski definition) is 3. The minimum Gasteiger partial charge on any atom is -0.480 e. The van der Waals surface area contributed by atoms with Gasteiger partial charge in [0.05, 0.1) is 0 Å². The lowest BCUT2D eigenvalue weighted by Crippen LogP contribution is -2.42. The Bertz CT molecular complexity index is 717. The van der Waals surface area contributed by atoms with E-state index in [4.69, 9.17) is 9.84 Å². The van der Waals surface area contributed by atoms with E-state index in [1.54, 1.807) is 36.4 Å². The molecule has 0 aliphatic heterocycles. The van der Waals surface area contributed by atoms with Crippen molar-refractivity contribution in [2.75, 3.05) is 0 Å². The van der Waals surface area contributed by atoms with Gasteiger partial charge in [-0.3, -0.25) is 4.79 Å². The van der Waals surface area contributed by atoms with E-state index in [2.05, 4.69) is 5.32 Å². The second kappa shape index (κ2) is 8.84. The van der Waals surface area contributed by atoms with Gasteiger partial charge >= 0.3 is 5.97 Å². The Morgan fingerprint density at radius 2 is 1.76 bits per heavy atom. The molecular formula is C19H21NO5. The van der Waals surface area contributed by atoms with Gasteiger partial charge in [-0.1, -0.05) is 43.7 Å². The monoisotopic (exact) mass is 343 g/mol. The first kappa shape index (κ1) is 18.5. The summed E-state index contributed by atoms with van der Waals surface area (Å²) in [6.07, 6.45) is -0.573. The van der Waals surface area contributed by atoms with Crippen molar-refractivity contribution >= 4 is 11.9 Å². The molecule has 0 aliphatic carbocycles. The average molecular weight is 343 g/mol. The Labute approximate surface area is 146 Å². The van der Waals surface area contributed by atoms with Crippen LogP contribution in [0.5, 0.6) is 11.5 Å². The van der Waals surface area contributed by atoms with Gasteiger partial charge in [-0.2, -0.15) is 0 Å². The summed E-state index contributed by atoms with van der Waals surface area (Å²) < 4.78 is 5.67. The molecule has 2 unspecified atom stereocenters. The van der Waals surface area contributed by atoms with E-state index in [0.29, 0.717) is 29.9 Å². The SMILES string of the molecule is CCCC(NC(=O)C(O)c1cccc(Oc2ccccc2)c1)C(=O)O. The number of aliphatic carboxylic acids is 1. The standard InChI is InChI=1S/C19H21NO5/c1-2-7-16(19(23)24)20-18(22)17(21)13-8-6-11-15(12-13)25-14-9-4-3-5-10-14/h3-6,8-12,16-17,21H,2,7H2,1H3,(H,20,22)(H,23,24). The van der Waals surface area contributed by atoms with E-state index in [1.165, 1.54) is 0 Å². The number of aliphatic hydroxyl groups is 1. The lowest BCUT2D eigenvalue weighted by molar-refractivity contribution is -0.143. The highest BCUT2D eigenvalue weighted by Gasteiger charge is 2.24. The highest BCUT2D eigenvalue weighted by molar-refractivity contribution is 5.87. The largest absolute Gasteiger partial charge is 0.480 e. The topological polar surface area (TPSA) is 95.9 Å². The lowest BCUT2D eigenvalue weighted by Gasteiger charge is -2.17. The molecule has 25 heavy (non-hydrogen) atoms. The number of carboxylic acid groups (broad SMARTS) is 1. The minimum atomic E-state index is -1.47. The molecule has 6 heteroatoms. The number of aliphatic hydroxyl groups excluding tert-OH is 1. The van der Waals surface area contributed by atoms with Gasteiger partial charge < -0.3 is 20.3 Å². The number of nitrogens with one attached hydrogen (secondary N) is 1. The molecule has 2 rings (SSSR count). The van der Waals surface area contributed by atoms with Gasteiger partial charge in [0.25, 0.3) is 5.91 Å². The zero-order chi connectivity index (χ0) is 18.2. The Morgan fingerprint density at radius 3 is 2.40 bits per heavy atom. The summed E-state index contributed by atoms with van der Waals surface area (Å²) >= 11 is 0. The van der Waals surface area contributed by atoms with Gasteiger partial charge in [0, 0.05) is 0 Å². The number of benzene rings is 2. The molecule has 1 amide bonds. The average Bonchev–Trinajstić information content (AvgIpc) is 2.61. The smallest absolute Gasteiger partial charge is 0.326 e. The second-order valence-electron chi connectivity index (χ2n) is 5.58. The Hall–Kier alpha value is -2.86. The maximum atomic E-state index is 12.1. The number of hydrogen-bond acceptors (Lipinski definition) is 4. The molecule has 3 N–H and O–H groups in total. The van der Waals surface area contributed by atoms with Gasteiger partial charge in [0.15, 0.2) is 6.10 Å². The molecule has 0 saturated heterocycles. The summed E-state index contributed by atoms with van der Waals surface area (Å²) in [4.78, 5) is 23.3. The molecule has 0 heterocycles. The summed E-state index contributed by atoms with van der Waals surface area (Å²) in [5.74, 6) is -0.771. The van der Waals surface area contributed by atoms with Crippen molar-refractivity contribution in [2.24, 2.45) is 0 Å². The zero-order valence-corrected chi connectivity index (χ0v) is 13.9. The number of ether oxygens (including phenoxy) is 1. The fourth-order valence-corrected chi connectivity index (χ4v) is 2.32. The number of para-hydroxylation sites is 1. The van der Waals surface area contributed by atoms with Crippen LogP contribution in [0, 0.1) is 0 Å². The zero-order valence-electron chi connectivity index (χ0n) is 13.9. The van der Waals surface area contributed by atoms with Gasteiger partial charge in [-0.25, -0.2) is 4.79 Å². The predicted octanol–water partition coefficient (Wildman–Crippen LogP) is 2.88. The van der Waals surface area contributed by atoms with Crippen LogP contribution in [-0.2, 0) is 9.59 Å². The van der Waals surface area contributed by atoms with E-state index in [9.17, 15) is 14.7 Å². The van der Waals surface area contributed by atoms with Crippen LogP contribution >= 0.6 is 0 Å². The Kier molecular flexibility index (Phi) is 6.54. The third-order valence-electron chi connectivity index (χ3n) is 3.59. The molecule has 2 atom stereocenters. The molecule has 0 aromatic heterocycles. The first-order valence-electron chi connectivity index (χ1n) is 8.05. The second-order valence-corrected chi connectivity index (χ2v) is 5.58. The van der Waals surface area contributed by atoms with Crippen molar-refractivity contribution in [3.05, 3.63) is 60.2 Å². The van der Waals surface area contributed by atoms with E-state index < -0.39 is 24.0 Å². The van der Waals surface area contributed by atoms with E-state index in [0.717, 1.165) is 0 Å².